The number of hydrogen-bond donors (Lipinski definition) is 1. The fraction of sp³-hybridized carbons (Fsp3) is 0.364. The van der Waals surface area contributed by atoms with Crippen molar-refractivity contribution >= 4 is 39.5 Å². The molecule has 0 heterocycles. The summed E-state index contributed by atoms with van der Waals surface area (Å²) in [7, 11) is 0. The zero-order valence-corrected chi connectivity index (χ0v) is 19.1. The minimum atomic E-state index is -0.604. The lowest BCUT2D eigenvalue weighted by atomic mass is 10.1. The van der Waals surface area contributed by atoms with Gasteiger partial charge in [0.05, 0.1) is 5.75 Å². The largest absolute Gasteiger partial charge is 0.354 e. The average molecular weight is 481 g/mol. The Morgan fingerprint density at radius 2 is 1.72 bits per heavy atom. The zero-order chi connectivity index (χ0) is 21.2. The van der Waals surface area contributed by atoms with E-state index in [0.717, 1.165) is 22.0 Å². The first-order chi connectivity index (χ1) is 13.9. The molecule has 0 radical (unpaired) electrons. The van der Waals surface area contributed by atoms with Crippen LogP contribution in [0.5, 0.6) is 0 Å². The molecule has 29 heavy (non-hydrogen) atoms. The molecule has 1 atom stereocenters. The molecule has 2 aromatic carbocycles. The number of hydrogen-bond acceptors (Lipinski definition) is 3. The van der Waals surface area contributed by atoms with E-state index in [4.69, 9.17) is 0 Å². The number of nitrogens with zero attached hydrogens (tertiary/aromatic N) is 1. The van der Waals surface area contributed by atoms with Gasteiger partial charge in [0, 0.05) is 23.3 Å². The maximum Gasteiger partial charge on any atom is 0.242 e. The Morgan fingerprint density at radius 3 is 2.34 bits per heavy atom. The Bertz CT molecular complexity index is 799. The molecule has 7 heteroatoms. The van der Waals surface area contributed by atoms with Crippen molar-refractivity contribution in [2.24, 2.45) is 0 Å². The van der Waals surface area contributed by atoms with Crippen LogP contribution in [-0.2, 0) is 21.9 Å². The van der Waals surface area contributed by atoms with Gasteiger partial charge in [-0.2, -0.15) is 0 Å². The van der Waals surface area contributed by atoms with Gasteiger partial charge in [-0.15, -0.1) is 11.8 Å². The van der Waals surface area contributed by atoms with Gasteiger partial charge in [0.25, 0.3) is 0 Å². The second-order valence-corrected chi connectivity index (χ2v) is 8.64. The molecule has 0 aromatic heterocycles. The lowest BCUT2D eigenvalue weighted by Crippen LogP contribution is -2.48. The molecule has 1 N–H and O–H groups in total. The molecule has 2 rings (SSSR count). The third-order valence-corrected chi connectivity index (χ3v) is 5.91. The van der Waals surface area contributed by atoms with Crippen LogP contribution in [0.2, 0.25) is 0 Å². The average Bonchev–Trinajstić information content (AvgIpc) is 2.72. The molecule has 4 nitrogen and oxygen atoms in total. The molecule has 0 aliphatic heterocycles. The molecule has 2 amide bonds. The number of rotatable bonds is 10. The molecule has 2 aromatic rings. The van der Waals surface area contributed by atoms with Crippen LogP contribution >= 0.6 is 27.7 Å². The lowest BCUT2D eigenvalue weighted by Gasteiger charge is -2.28. The van der Waals surface area contributed by atoms with Crippen LogP contribution in [-0.4, -0.2) is 35.1 Å². The van der Waals surface area contributed by atoms with Crippen molar-refractivity contribution in [3.05, 3.63) is 69.9 Å². The van der Waals surface area contributed by atoms with Crippen molar-refractivity contribution in [3.63, 3.8) is 0 Å². The summed E-state index contributed by atoms with van der Waals surface area (Å²) in [4.78, 5) is 26.9. The van der Waals surface area contributed by atoms with E-state index in [1.807, 2.05) is 31.2 Å². The van der Waals surface area contributed by atoms with Crippen molar-refractivity contribution in [2.75, 3.05) is 12.3 Å². The number of nitrogens with one attached hydrogen (secondary N) is 1. The molecule has 156 valence electrons. The van der Waals surface area contributed by atoms with Gasteiger partial charge >= 0.3 is 0 Å². The fourth-order valence-corrected chi connectivity index (χ4v) is 3.82. The first-order valence-electron chi connectivity index (χ1n) is 9.54. The molecule has 0 fully saturated rings. The second-order valence-electron chi connectivity index (χ2n) is 6.73. The van der Waals surface area contributed by atoms with Crippen LogP contribution in [0.4, 0.5) is 4.39 Å². The maximum atomic E-state index is 13.2. The maximum absolute atomic E-state index is 13.2. The van der Waals surface area contributed by atoms with Crippen molar-refractivity contribution in [2.45, 2.75) is 38.6 Å². The number of halogens is 2. The van der Waals surface area contributed by atoms with E-state index in [2.05, 4.69) is 21.2 Å². The number of benzene rings is 2. The monoisotopic (exact) mass is 480 g/mol. The van der Waals surface area contributed by atoms with Gasteiger partial charge in [-0.05, 0) is 48.7 Å². The van der Waals surface area contributed by atoms with Crippen LogP contribution in [0.25, 0.3) is 0 Å². The summed E-state index contributed by atoms with van der Waals surface area (Å²) in [6, 6.07) is 13.4. The van der Waals surface area contributed by atoms with Crippen LogP contribution < -0.4 is 5.32 Å². The quantitative estimate of drug-likeness (QED) is 0.532. The van der Waals surface area contributed by atoms with Crippen LogP contribution in [0.15, 0.2) is 53.0 Å². The van der Waals surface area contributed by atoms with E-state index in [1.54, 1.807) is 24.0 Å². The van der Waals surface area contributed by atoms with E-state index in [9.17, 15) is 14.0 Å². The van der Waals surface area contributed by atoms with Crippen LogP contribution in [0, 0.1) is 5.82 Å². The Hall–Kier alpha value is -1.86. The predicted octanol–water partition coefficient (Wildman–Crippen LogP) is 4.76. The summed E-state index contributed by atoms with van der Waals surface area (Å²) in [5.41, 5.74) is 1.91. The first-order valence-corrected chi connectivity index (χ1v) is 11.5. The minimum Gasteiger partial charge on any atom is -0.354 e. The van der Waals surface area contributed by atoms with Crippen molar-refractivity contribution in [1.29, 1.82) is 0 Å². The molecule has 0 saturated heterocycles. The van der Waals surface area contributed by atoms with Gasteiger partial charge in [-0.25, -0.2) is 4.39 Å². The fourth-order valence-electron chi connectivity index (χ4n) is 2.68. The SMILES string of the molecule is CCCNC(=O)C(C)N(Cc1ccc(F)cc1)C(=O)CSCc1ccc(Br)cc1. The smallest absolute Gasteiger partial charge is 0.242 e. The highest BCUT2D eigenvalue weighted by Gasteiger charge is 2.25. The number of thioether (sulfide) groups is 1. The Balaban J connectivity index is 2.03. The zero-order valence-electron chi connectivity index (χ0n) is 16.7. The Kier molecular flexibility index (Phi) is 9.67. The Morgan fingerprint density at radius 1 is 1.10 bits per heavy atom. The highest BCUT2D eigenvalue weighted by molar-refractivity contribution is 9.10. The molecule has 0 spiro atoms. The predicted molar refractivity (Wildman–Crippen MR) is 120 cm³/mol. The molecule has 0 aliphatic rings. The summed E-state index contributed by atoms with van der Waals surface area (Å²) in [6.45, 7) is 4.54. The summed E-state index contributed by atoms with van der Waals surface area (Å²) in [6.07, 6.45) is 0.827. The topological polar surface area (TPSA) is 49.4 Å². The minimum absolute atomic E-state index is 0.115. The molecular formula is C22H26BrFN2O2S. The van der Waals surface area contributed by atoms with Gasteiger partial charge in [0.15, 0.2) is 0 Å². The molecular weight excluding hydrogens is 455 g/mol. The van der Waals surface area contributed by atoms with E-state index < -0.39 is 6.04 Å². The van der Waals surface area contributed by atoms with E-state index in [-0.39, 0.29) is 29.9 Å². The first kappa shape index (κ1) is 23.4. The van der Waals surface area contributed by atoms with Crippen molar-refractivity contribution in [1.82, 2.24) is 10.2 Å². The van der Waals surface area contributed by atoms with Gasteiger partial charge < -0.3 is 10.2 Å². The highest BCUT2D eigenvalue weighted by Crippen LogP contribution is 2.18. The van der Waals surface area contributed by atoms with Gasteiger partial charge in [-0.3, -0.25) is 9.59 Å². The van der Waals surface area contributed by atoms with Gasteiger partial charge in [0.1, 0.15) is 11.9 Å². The third kappa shape index (κ3) is 7.82. The number of carbonyl (C=O) groups excluding carboxylic acids is 2. The summed E-state index contributed by atoms with van der Waals surface area (Å²) >= 11 is 4.92. The third-order valence-electron chi connectivity index (χ3n) is 4.39. The van der Waals surface area contributed by atoms with E-state index in [1.165, 1.54) is 23.9 Å². The van der Waals surface area contributed by atoms with E-state index >= 15 is 0 Å². The Labute approximate surface area is 184 Å². The summed E-state index contributed by atoms with van der Waals surface area (Å²) in [5, 5.41) is 2.85. The van der Waals surface area contributed by atoms with Gasteiger partial charge in [0.2, 0.25) is 11.8 Å². The molecule has 1 unspecified atom stereocenters. The normalized spacial score (nSPS) is 11.7. The van der Waals surface area contributed by atoms with E-state index in [0.29, 0.717) is 12.3 Å². The van der Waals surface area contributed by atoms with Crippen LogP contribution in [0.3, 0.4) is 0 Å². The van der Waals surface area contributed by atoms with Gasteiger partial charge in [-0.1, -0.05) is 47.1 Å². The standard InChI is InChI=1S/C22H26BrFN2O2S/c1-3-12-25-22(28)16(2)26(13-17-6-10-20(24)11-7-17)21(27)15-29-14-18-4-8-19(23)9-5-18/h4-11,16H,3,12-15H2,1-2H3,(H,25,28). The summed E-state index contributed by atoms with van der Waals surface area (Å²) in [5.74, 6) is 0.351. The molecule has 0 bridgehead atoms. The molecule has 0 saturated carbocycles. The lowest BCUT2D eigenvalue weighted by molar-refractivity contribution is -0.138. The summed E-state index contributed by atoms with van der Waals surface area (Å²) < 4.78 is 14.2. The van der Waals surface area contributed by atoms with Crippen molar-refractivity contribution < 1.29 is 14.0 Å². The molecule has 0 aliphatic carbocycles. The highest BCUT2D eigenvalue weighted by atomic mass is 79.9. The number of amides is 2. The second kappa shape index (κ2) is 12.0. The number of carbonyl (C=O) groups is 2. The van der Waals surface area contributed by atoms with Crippen LogP contribution in [0.1, 0.15) is 31.4 Å². The van der Waals surface area contributed by atoms with Crippen molar-refractivity contribution in [3.8, 4) is 0 Å².